The zero-order valence-corrected chi connectivity index (χ0v) is 20.7. The highest BCUT2D eigenvalue weighted by atomic mass is 127. The highest BCUT2D eigenvalue weighted by Crippen LogP contribution is 2.25. The number of piperazine rings is 1. The molecule has 0 saturated carbocycles. The molecule has 0 radical (unpaired) electrons. The number of methoxy groups -OCH3 is 2. The molecule has 1 aliphatic heterocycles. The van der Waals surface area contributed by atoms with E-state index in [-0.39, 0.29) is 24.0 Å². The van der Waals surface area contributed by atoms with Crippen molar-refractivity contribution in [1.82, 2.24) is 20.1 Å². The fourth-order valence-electron chi connectivity index (χ4n) is 3.47. The first kappa shape index (κ1) is 24.3. The molecule has 1 aromatic heterocycles. The topological polar surface area (TPSA) is 75.4 Å². The van der Waals surface area contributed by atoms with Gasteiger partial charge in [0.1, 0.15) is 17.3 Å². The maximum atomic E-state index is 5.64. The van der Waals surface area contributed by atoms with Crippen LogP contribution in [0.2, 0.25) is 0 Å². The molecule has 0 spiro atoms. The quantitative estimate of drug-likeness (QED) is 0.351. The first-order chi connectivity index (χ1) is 14.0. The molecule has 1 aromatic carbocycles. The van der Waals surface area contributed by atoms with Crippen LogP contribution >= 0.6 is 24.0 Å². The number of oxazole rings is 1. The standard InChI is InChI=1S/C21H31N5O3.HI/c1-15-16(2)29-20(24-15)13-23-21(22-3)26-10-8-25(9-11-26)14-17-12-18(27-4)6-7-19(17)28-5;/h6-7,12H,8-11,13-14H2,1-5H3,(H,22,23);1H. The summed E-state index contributed by atoms with van der Waals surface area (Å²) in [5.74, 6) is 4.16. The van der Waals surface area contributed by atoms with Crippen LogP contribution in [0.4, 0.5) is 0 Å². The Hall–Kier alpha value is -2.01. The largest absolute Gasteiger partial charge is 0.497 e. The summed E-state index contributed by atoms with van der Waals surface area (Å²) in [6, 6.07) is 5.93. The summed E-state index contributed by atoms with van der Waals surface area (Å²) in [7, 11) is 5.20. The van der Waals surface area contributed by atoms with E-state index in [9.17, 15) is 0 Å². The summed E-state index contributed by atoms with van der Waals surface area (Å²) >= 11 is 0. The molecule has 1 saturated heterocycles. The van der Waals surface area contributed by atoms with Gasteiger partial charge in [0.15, 0.2) is 5.96 Å². The summed E-state index contributed by atoms with van der Waals surface area (Å²) in [5, 5.41) is 3.36. The first-order valence-electron chi connectivity index (χ1n) is 9.85. The second-order valence-electron chi connectivity index (χ2n) is 7.09. The first-order valence-corrected chi connectivity index (χ1v) is 9.85. The fraction of sp³-hybridized carbons (Fsp3) is 0.524. The van der Waals surface area contributed by atoms with Gasteiger partial charge in [0.2, 0.25) is 5.89 Å². The van der Waals surface area contributed by atoms with Crippen molar-refractivity contribution in [3.8, 4) is 11.5 Å². The summed E-state index contributed by atoms with van der Waals surface area (Å²) in [6.07, 6.45) is 0. The molecule has 0 atom stereocenters. The molecule has 166 valence electrons. The molecule has 9 heteroatoms. The third-order valence-electron chi connectivity index (χ3n) is 5.24. The summed E-state index contributed by atoms with van der Waals surface area (Å²) < 4.78 is 16.5. The molecule has 1 N–H and O–H groups in total. The molecule has 8 nitrogen and oxygen atoms in total. The van der Waals surface area contributed by atoms with Gasteiger partial charge in [-0.3, -0.25) is 9.89 Å². The van der Waals surface area contributed by atoms with Crippen LogP contribution in [-0.2, 0) is 13.1 Å². The summed E-state index contributed by atoms with van der Waals surface area (Å²) in [5.41, 5.74) is 2.07. The smallest absolute Gasteiger partial charge is 0.214 e. The van der Waals surface area contributed by atoms with Crippen molar-refractivity contribution in [2.45, 2.75) is 26.9 Å². The lowest BCUT2D eigenvalue weighted by Crippen LogP contribution is -2.52. The number of guanidine groups is 1. The van der Waals surface area contributed by atoms with Crippen LogP contribution in [0.3, 0.4) is 0 Å². The molecule has 0 bridgehead atoms. The number of aliphatic imine (C=N–C) groups is 1. The molecular weight excluding hydrogens is 497 g/mol. The van der Waals surface area contributed by atoms with Crippen molar-refractivity contribution in [2.24, 2.45) is 4.99 Å². The van der Waals surface area contributed by atoms with Crippen molar-refractivity contribution < 1.29 is 13.9 Å². The van der Waals surface area contributed by atoms with Crippen molar-refractivity contribution in [3.63, 3.8) is 0 Å². The van der Waals surface area contributed by atoms with Gasteiger partial charge in [0.05, 0.1) is 26.5 Å². The lowest BCUT2D eigenvalue weighted by molar-refractivity contribution is 0.170. The zero-order valence-electron chi connectivity index (χ0n) is 18.4. The highest BCUT2D eigenvalue weighted by Gasteiger charge is 2.21. The molecule has 30 heavy (non-hydrogen) atoms. The van der Waals surface area contributed by atoms with Gasteiger partial charge in [0.25, 0.3) is 0 Å². The number of hydrogen-bond donors (Lipinski definition) is 1. The van der Waals surface area contributed by atoms with Gasteiger partial charge in [0, 0.05) is 45.3 Å². The minimum Gasteiger partial charge on any atom is -0.497 e. The van der Waals surface area contributed by atoms with E-state index in [4.69, 9.17) is 13.9 Å². The van der Waals surface area contributed by atoms with E-state index in [0.29, 0.717) is 12.4 Å². The summed E-state index contributed by atoms with van der Waals surface area (Å²) in [4.78, 5) is 13.5. The zero-order chi connectivity index (χ0) is 20.8. The van der Waals surface area contributed by atoms with Crippen LogP contribution in [0.1, 0.15) is 22.9 Å². The molecule has 1 fully saturated rings. The van der Waals surface area contributed by atoms with Crippen molar-refractivity contribution in [2.75, 3.05) is 47.4 Å². The van der Waals surface area contributed by atoms with E-state index in [1.165, 1.54) is 0 Å². The fourth-order valence-corrected chi connectivity index (χ4v) is 3.47. The third-order valence-corrected chi connectivity index (χ3v) is 5.24. The minimum absolute atomic E-state index is 0. The Kier molecular flexibility index (Phi) is 9.22. The maximum absolute atomic E-state index is 5.64. The molecular formula is C21H32IN5O3. The predicted octanol–water partition coefficient (Wildman–Crippen LogP) is 2.82. The van der Waals surface area contributed by atoms with Crippen LogP contribution in [-0.4, -0.2) is 68.2 Å². The van der Waals surface area contributed by atoms with Crippen LogP contribution < -0.4 is 14.8 Å². The third kappa shape index (κ3) is 6.00. The van der Waals surface area contributed by atoms with Crippen LogP contribution in [0.25, 0.3) is 0 Å². The SMILES string of the molecule is CN=C(NCc1nc(C)c(C)o1)N1CCN(Cc2cc(OC)ccc2OC)CC1.I. The van der Waals surface area contributed by atoms with Gasteiger partial charge >= 0.3 is 0 Å². The van der Waals surface area contributed by atoms with Gasteiger partial charge in [-0.05, 0) is 32.0 Å². The molecule has 0 amide bonds. The molecule has 0 unspecified atom stereocenters. The Morgan fingerprint density at radius 2 is 1.90 bits per heavy atom. The normalized spacial score (nSPS) is 15.0. The average molecular weight is 529 g/mol. The van der Waals surface area contributed by atoms with Crippen molar-refractivity contribution in [1.29, 1.82) is 0 Å². The number of benzene rings is 1. The lowest BCUT2D eigenvalue weighted by Gasteiger charge is -2.36. The van der Waals surface area contributed by atoms with E-state index < -0.39 is 0 Å². The molecule has 0 aliphatic carbocycles. The molecule has 2 heterocycles. The molecule has 3 rings (SSSR count). The highest BCUT2D eigenvalue weighted by molar-refractivity contribution is 14.0. The number of ether oxygens (including phenoxy) is 2. The Balaban J connectivity index is 0.00000320. The van der Waals surface area contributed by atoms with Crippen LogP contribution in [0.15, 0.2) is 27.6 Å². The number of nitrogens with zero attached hydrogens (tertiary/aromatic N) is 4. The monoisotopic (exact) mass is 529 g/mol. The van der Waals surface area contributed by atoms with E-state index in [1.54, 1.807) is 14.2 Å². The number of nitrogens with one attached hydrogen (secondary N) is 1. The van der Waals surface area contributed by atoms with Crippen molar-refractivity contribution >= 4 is 29.9 Å². The molecule has 1 aliphatic rings. The van der Waals surface area contributed by atoms with Crippen LogP contribution in [0.5, 0.6) is 11.5 Å². The number of rotatable bonds is 6. The summed E-state index contributed by atoms with van der Waals surface area (Å²) in [6.45, 7) is 8.92. The predicted molar refractivity (Wildman–Crippen MR) is 128 cm³/mol. The van der Waals surface area contributed by atoms with E-state index in [1.807, 2.05) is 39.1 Å². The number of aromatic nitrogens is 1. The average Bonchev–Trinajstić information content (AvgIpc) is 3.06. The minimum atomic E-state index is 0. The second kappa shape index (κ2) is 11.4. The maximum Gasteiger partial charge on any atom is 0.214 e. The van der Waals surface area contributed by atoms with E-state index >= 15 is 0 Å². The van der Waals surface area contributed by atoms with Gasteiger partial charge in [-0.2, -0.15) is 0 Å². The van der Waals surface area contributed by atoms with E-state index in [0.717, 1.165) is 67.2 Å². The van der Waals surface area contributed by atoms with E-state index in [2.05, 4.69) is 25.1 Å². The van der Waals surface area contributed by atoms with Gasteiger partial charge < -0.3 is 24.1 Å². The van der Waals surface area contributed by atoms with Crippen LogP contribution in [0, 0.1) is 13.8 Å². The number of hydrogen-bond acceptors (Lipinski definition) is 6. The Morgan fingerprint density at radius 3 is 2.47 bits per heavy atom. The molecule has 2 aromatic rings. The van der Waals surface area contributed by atoms with Gasteiger partial charge in [-0.1, -0.05) is 0 Å². The van der Waals surface area contributed by atoms with Gasteiger partial charge in [-0.25, -0.2) is 4.98 Å². The number of halogens is 1. The number of aryl methyl sites for hydroxylation is 2. The van der Waals surface area contributed by atoms with Crippen molar-refractivity contribution in [3.05, 3.63) is 41.1 Å². The van der Waals surface area contributed by atoms with Gasteiger partial charge in [-0.15, -0.1) is 24.0 Å². The lowest BCUT2D eigenvalue weighted by atomic mass is 10.1. The Morgan fingerprint density at radius 1 is 1.17 bits per heavy atom. The Bertz CT molecular complexity index is 828. The second-order valence-corrected chi connectivity index (χ2v) is 7.09. The Labute approximate surface area is 195 Å².